The first-order chi connectivity index (χ1) is 7.25. The van der Waals surface area contributed by atoms with E-state index in [9.17, 15) is 0 Å². The summed E-state index contributed by atoms with van der Waals surface area (Å²) in [4.78, 5) is 4.54. The molecule has 3 unspecified atom stereocenters. The van der Waals surface area contributed by atoms with Crippen LogP contribution in [0.25, 0.3) is 0 Å². The van der Waals surface area contributed by atoms with E-state index in [1.807, 2.05) is 11.8 Å². The average molecular weight is 226 g/mol. The molecule has 0 bridgehead atoms. The first kappa shape index (κ1) is 11.3. The van der Waals surface area contributed by atoms with Crippen LogP contribution in [0.4, 0.5) is 0 Å². The summed E-state index contributed by atoms with van der Waals surface area (Å²) in [6, 6.07) is 0.670. The van der Waals surface area contributed by atoms with Gasteiger partial charge in [-0.3, -0.25) is 4.99 Å². The van der Waals surface area contributed by atoms with Crippen molar-refractivity contribution in [1.82, 2.24) is 5.32 Å². The lowest BCUT2D eigenvalue weighted by Crippen LogP contribution is -2.37. The minimum absolute atomic E-state index is 0.670. The molecule has 0 saturated heterocycles. The van der Waals surface area contributed by atoms with E-state index < -0.39 is 0 Å². The third-order valence-corrected chi connectivity index (χ3v) is 4.50. The van der Waals surface area contributed by atoms with E-state index in [1.54, 1.807) is 0 Å². The van der Waals surface area contributed by atoms with Crippen LogP contribution in [0.1, 0.15) is 46.0 Å². The molecule has 3 atom stereocenters. The monoisotopic (exact) mass is 226 g/mol. The van der Waals surface area contributed by atoms with E-state index in [2.05, 4.69) is 24.2 Å². The van der Waals surface area contributed by atoms with E-state index in [1.165, 1.54) is 37.3 Å². The van der Waals surface area contributed by atoms with Gasteiger partial charge in [-0.15, -0.1) is 0 Å². The Morgan fingerprint density at radius 1 is 1.20 bits per heavy atom. The van der Waals surface area contributed by atoms with Gasteiger partial charge >= 0.3 is 0 Å². The van der Waals surface area contributed by atoms with Crippen LogP contribution in [0.5, 0.6) is 0 Å². The first-order valence-electron chi connectivity index (χ1n) is 6.23. The lowest BCUT2D eigenvalue weighted by Gasteiger charge is -2.23. The summed E-state index contributed by atoms with van der Waals surface area (Å²) in [5.74, 6) is 0.812. The molecule has 0 aromatic rings. The fourth-order valence-corrected chi connectivity index (χ4v) is 3.32. The summed E-state index contributed by atoms with van der Waals surface area (Å²) in [5.41, 5.74) is 0. The van der Waals surface area contributed by atoms with Gasteiger partial charge in [-0.1, -0.05) is 44.9 Å². The molecule has 1 N–H and O–H groups in total. The number of hydrogen-bond acceptors (Lipinski definition) is 3. The molecule has 1 aliphatic heterocycles. The Labute approximate surface area is 97.3 Å². The maximum atomic E-state index is 4.54. The predicted octanol–water partition coefficient (Wildman–Crippen LogP) is 3.04. The van der Waals surface area contributed by atoms with Gasteiger partial charge in [-0.25, -0.2) is 0 Å². The van der Waals surface area contributed by atoms with Crippen LogP contribution in [0.3, 0.4) is 0 Å². The predicted molar refractivity (Wildman–Crippen MR) is 68.5 cm³/mol. The van der Waals surface area contributed by atoms with Gasteiger partial charge in [-0.05, 0) is 18.8 Å². The van der Waals surface area contributed by atoms with E-state index in [0.29, 0.717) is 11.3 Å². The van der Waals surface area contributed by atoms with Gasteiger partial charge in [0.1, 0.15) is 0 Å². The molecule has 0 amide bonds. The maximum absolute atomic E-state index is 4.54. The molecule has 1 saturated carbocycles. The SMILES string of the molecule is CC1CN=C(NC2CCCCCC2C)S1. The number of nitrogens with one attached hydrogen (secondary N) is 1. The Morgan fingerprint density at radius 3 is 2.73 bits per heavy atom. The van der Waals surface area contributed by atoms with Crippen molar-refractivity contribution >= 4 is 16.9 Å². The smallest absolute Gasteiger partial charge is 0.157 e. The first-order valence-corrected chi connectivity index (χ1v) is 7.11. The molecule has 2 nitrogen and oxygen atoms in total. The Bertz CT molecular complexity index is 240. The molecule has 0 aromatic heterocycles. The molecular weight excluding hydrogens is 204 g/mol. The Kier molecular flexibility index (Phi) is 3.95. The molecule has 0 spiro atoms. The summed E-state index contributed by atoms with van der Waals surface area (Å²) in [6.45, 7) is 5.63. The van der Waals surface area contributed by atoms with Crippen molar-refractivity contribution in [1.29, 1.82) is 0 Å². The third kappa shape index (κ3) is 3.13. The summed E-state index contributed by atoms with van der Waals surface area (Å²) in [6.07, 6.45) is 6.92. The highest BCUT2D eigenvalue weighted by molar-refractivity contribution is 8.14. The highest BCUT2D eigenvalue weighted by Gasteiger charge is 2.23. The molecule has 1 fully saturated rings. The van der Waals surface area contributed by atoms with E-state index in [0.717, 1.165) is 12.5 Å². The van der Waals surface area contributed by atoms with Gasteiger partial charge < -0.3 is 5.32 Å². The van der Waals surface area contributed by atoms with Crippen LogP contribution < -0.4 is 5.32 Å². The zero-order valence-corrected chi connectivity index (χ0v) is 10.6. The van der Waals surface area contributed by atoms with Crippen LogP contribution in [0.15, 0.2) is 4.99 Å². The number of thioether (sulfide) groups is 1. The van der Waals surface area contributed by atoms with Crippen molar-refractivity contribution in [2.24, 2.45) is 10.9 Å². The zero-order valence-electron chi connectivity index (χ0n) is 9.83. The molecule has 1 aliphatic carbocycles. The molecule has 0 radical (unpaired) electrons. The summed E-state index contributed by atoms with van der Waals surface area (Å²) >= 11 is 1.91. The van der Waals surface area contributed by atoms with Crippen molar-refractivity contribution in [3.63, 3.8) is 0 Å². The average Bonchev–Trinajstić information content (AvgIpc) is 2.50. The standard InChI is InChI=1S/C12H22N2S/c1-9-6-4-3-5-7-11(9)14-12-13-8-10(2)15-12/h9-11H,3-8H2,1-2H3,(H,13,14). The molecule has 3 heteroatoms. The molecule has 2 aliphatic rings. The molecule has 0 aromatic carbocycles. The molecule has 1 heterocycles. The quantitative estimate of drug-likeness (QED) is 0.695. The van der Waals surface area contributed by atoms with E-state index in [4.69, 9.17) is 0 Å². The molecule has 2 rings (SSSR count). The Balaban J connectivity index is 1.86. The van der Waals surface area contributed by atoms with Crippen molar-refractivity contribution in [3.05, 3.63) is 0 Å². The van der Waals surface area contributed by atoms with Crippen molar-refractivity contribution in [2.75, 3.05) is 6.54 Å². The Hall–Kier alpha value is -0.180. The number of amidine groups is 1. The number of nitrogens with zero attached hydrogens (tertiary/aromatic N) is 1. The van der Waals surface area contributed by atoms with E-state index in [-0.39, 0.29) is 0 Å². The second-order valence-corrected chi connectivity index (χ2v) is 6.37. The van der Waals surface area contributed by atoms with Gasteiger partial charge in [0.25, 0.3) is 0 Å². The zero-order chi connectivity index (χ0) is 10.7. The summed E-state index contributed by atoms with van der Waals surface area (Å²) in [5, 5.41) is 5.52. The summed E-state index contributed by atoms with van der Waals surface area (Å²) in [7, 11) is 0. The van der Waals surface area contributed by atoms with Crippen LogP contribution in [0, 0.1) is 5.92 Å². The van der Waals surface area contributed by atoms with Crippen LogP contribution in [-0.2, 0) is 0 Å². The number of rotatable bonds is 1. The van der Waals surface area contributed by atoms with Gasteiger partial charge in [0, 0.05) is 11.3 Å². The lowest BCUT2D eigenvalue weighted by atomic mass is 9.97. The fraction of sp³-hybridized carbons (Fsp3) is 0.917. The topological polar surface area (TPSA) is 24.4 Å². The molecule has 15 heavy (non-hydrogen) atoms. The third-order valence-electron chi connectivity index (χ3n) is 3.48. The van der Waals surface area contributed by atoms with E-state index >= 15 is 0 Å². The minimum atomic E-state index is 0.670. The largest absolute Gasteiger partial charge is 0.362 e. The number of aliphatic imine (C=N–C) groups is 1. The van der Waals surface area contributed by atoms with Crippen LogP contribution >= 0.6 is 11.8 Å². The molecular formula is C12H22N2S. The molecule has 86 valence electrons. The highest BCUT2D eigenvalue weighted by Crippen LogP contribution is 2.25. The number of hydrogen-bond donors (Lipinski definition) is 1. The normalized spacial score (nSPS) is 37.2. The minimum Gasteiger partial charge on any atom is -0.362 e. The Morgan fingerprint density at radius 2 is 2.00 bits per heavy atom. The van der Waals surface area contributed by atoms with Crippen molar-refractivity contribution in [2.45, 2.75) is 57.2 Å². The van der Waals surface area contributed by atoms with Gasteiger partial charge in [0.05, 0.1) is 6.54 Å². The van der Waals surface area contributed by atoms with Crippen LogP contribution in [0.2, 0.25) is 0 Å². The van der Waals surface area contributed by atoms with Gasteiger partial charge in [-0.2, -0.15) is 0 Å². The lowest BCUT2D eigenvalue weighted by molar-refractivity contribution is 0.402. The van der Waals surface area contributed by atoms with Crippen molar-refractivity contribution < 1.29 is 0 Å². The second kappa shape index (κ2) is 5.24. The fourth-order valence-electron chi connectivity index (χ4n) is 2.42. The summed E-state index contributed by atoms with van der Waals surface area (Å²) < 4.78 is 0. The van der Waals surface area contributed by atoms with Gasteiger partial charge in [0.2, 0.25) is 0 Å². The van der Waals surface area contributed by atoms with Crippen LogP contribution in [-0.4, -0.2) is 23.0 Å². The van der Waals surface area contributed by atoms with Crippen molar-refractivity contribution in [3.8, 4) is 0 Å². The maximum Gasteiger partial charge on any atom is 0.157 e. The highest BCUT2D eigenvalue weighted by atomic mass is 32.2. The second-order valence-electron chi connectivity index (χ2n) is 4.94. The van der Waals surface area contributed by atoms with Gasteiger partial charge in [0.15, 0.2) is 5.17 Å².